The van der Waals surface area contributed by atoms with Crippen molar-refractivity contribution in [3.05, 3.63) is 28.5 Å². The van der Waals surface area contributed by atoms with Gasteiger partial charge < -0.3 is 0 Å². The van der Waals surface area contributed by atoms with Crippen molar-refractivity contribution < 1.29 is 4.21 Å². The van der Waals surface area contributed by atoms with E-state index in [1.165, 1.54) is 5.55 Å². The first-order valence-electron chi connectivity index (χ1n) is 5.37. The minimum absolute atomic E-state index is 0.0844. The first-order chi connectivity index (χ1) is 7.80. The Morgan fingerprint density at radius 3 is 2.65 bits per heavy atom. The van der Waals surface area contributed by atoms with Crippen molar-refractivity contribution >= 4 is 32.3 Å². The molecule has 0 spiro atoms. The predicted molar refractivity (Wildman–Crippen MR) is 76.7 cm³/mol. The van der Waals surface area contributed by atoms with Gasteiger partial charge in [-0.1, -0.05) is 6.07 Å². The molecule has 0 radical (unpaired) electrons. The van der Waals surface area contributed by atoms with E-state index in [9.17, 15) is 4.21 Å². The van der Waals surface area contributed by atoms with Crippen LogP contribution in [0.3, 0.4) is 0 Å². The Hall–Kier alpha value is -0.550. The minimum Gasteiger partial charge on any atom is -0.274 e. The summed E-state index contributed by atoms with van der Waals surface area (Å²) >= 11 is 3.32. The van der Waals surface area contributed by atoms with Gasteiger partial charge in [0.15, 0.2) is 0 Å². The Balaban J connectivity index is 2.76. The molecule has 17 heavy (non-hydrogen) atoms. The molecule has 0 aliphatic carbocycles. The molecule has 1 rings (SSSR count). The lowest BCUT2D eigenvalue weighted by Crippen LogP contribution is -2.22. The number of rotatable bonds is 3. The van der Waals surface area contributed by atoms with Crippen molar-refractivity contribution in [3.8, 4) is 0 Å². The highest BCUT2D eigenvalue weighted by Gasteiger charge is 2.17. The molecule has 0 aliphatic heterocycles. The normalized spacial score (nSPS) is 16.1. The lowest BCUT2D eigenvalue weighted by molar-refractivity contribution is 0.658. The zero-order valence-electron chi connectivity index (χ0n) is 10.5. The van der Waals surface area contributed by atoms with Crippen LogP contribution in [0.25, 0.3) is 0 Å². The number of aromatic nitrogens is 1. The van der Waals surface area contributed by atoms with E-state index in [-0.39, 0.29) is 10.8 Å². The molecule has 1 heterocycles. The molecule has 0 bridgehead atoms. The monoisotopic (exact) mass is 316 g/mol. The minimum atomic E-state index is -1.07. The number of aliphatic imine (C=N–C) groups is 1. The van der Waals surface area contributed by atoms with Gasteiger partial charge in [0, 0.05) is 4.75 Å². The molecular weight excluding hydrogens is 300 g/mol. The summed E-state index contributed by atoms with van der Waals surface area (Å²) in [6, 6.07) is 5.61. The summed E-state index contributed by atoms with van der Waals surface area (Å²) in [6.45, 7) is 7.72. The van der Waals surface area contributed by atoms with Crippen molar-refractivity contribution in [2.24, 2.45) is 4.99 Å². The van der Waals surface area contributed by atoms with Crippen LogP contribution in [0.1, 0.15) is 39.4 Å². The van der Waals surface area contributed by atoms with Gasteiger partial charge >= 0.3 is 0 Å². The first-order valence-corrected chi connectivity index (χ1v) is 7.38. The van der Waals surface area contributed by atoms with E-state index < -0.39 is 10.8 Å². The van der Waals surface area contributed by atoms with E-state index in [4.69, 9.17) is 0 Å². The smallest absolute Gasteiger partial charge is 0.106 e. The molecule has 0 amide bonds. The molecule has 94 valence electrons. The fourth-order valence-electron chi connectivity index (χ4n) is 1.04. The lowest BCUT2D eigenvalue weighted by Gasteiger charge is -2.14. The summed E-state index contributed by atoms with van der Waals surface area (Å²) < 4.78 is 12.3. The zero-order chi connectivity index (χ0) is 13.1. The van der Waals surface area contributed by atoms with Crippen LogP contribution in [0.15, 0.2) is 27.8 Å². The number of hydrogen-bond donors (Lipinski definition) is 0. The SMILES string of the molecule is C[C@H](N=CS(=O)C(C)(C)C)c1cccc(Br)n1. The van der Waals surface area contributed by atoms with Gasteiger partial charge in [0.25, 0.3) is 0 Å². The maximum absolute atomic E-state index is 11.8. The summed E-state index contributed by atoms with van der Waals surface area (Å²) in [5.74, 6) is 0. The van der Waals surface area contributed by atoms with E-state index in [2.05, 4.69) is 25.9 Å². The maximum atomic E-state index is 11.8. The molecule has 2 atom stereocenters. The Labute approximate surface area is 113 Å². The number of halogens is 1. The number of pyridine rings is 1. The van der Waals surface area contributed by atoms with Crippen LogP contribution in [0.5, 0.6) is 0 Å². The van der Waals surface area contributed by atoms with Crippen LogP contribution in [0.2, 0.25) is 0 Å². The van der Waals surface area contributed by atoms with Crippen LogP contribution < -0.4 is 0 Å². The molecule has 0 aliphatic rings. The lowest BCUT2D eigenvalue weighted by atomic mass is 10.2. The molecule has 0 fully saturated rings. The van der Waals surface area contributed by atoms with Crippen molar-refractivity contribution in [1.82, 2.24) is 4.98 Å². The molecular formula is C12H17BrN2OS. The van der Waals surface area contributed by atoms with Gasteiger partial charge in [-0.25, -0.2) is 4.98 Å². The number of nitrogens with zero attached hydrogens (tertiary/aromatic N) is 2. The summed E-state index contributed by atoms with van der Waals surface area (Å²) in [4.78, 5) is 8.61. The van der Waals surface area contributed by atoms with Crippen molar-refractivity contribution in [3.63, 3.8) is 0 Å². The topological polar surface area (TPSA) is 42.3 Å². The van der Waals surface area contributed by atoms with E-state index in [0.29, 0.717) is 0 Å². The van der Waals surface area contributed by atoms with Crippen molar-refractivity contribution in [1.29, 1.82) is 0 Å². The second kappa shape index (κ2) is 5.87. The molecule has 3 nitrogen and oxygen atoms in total. The third-order valence-electron chi connectivity index (χ3n) is 2.15. The Kier molecular flexibility index (Phi) is 5.01. The molecule has 0 N–H and O–H groups in total. The molecule has 5 heteroatoms. The summed E-state index contributed by atoms with van der Waals surface area (Å²) in [6.07, 6.45) is 0. The first kappa shape index (κ1) is 14.5. The second-order valence-electron chi connectivity index (χ2n) is 4.73. The second-order valence-corrected chi connectivity index (χ2v) is 7.57. The highest BCUT2D eigenvalue weighted by atomic mass is 79.9. The maximum Gasteiger partial charge on any atom is 0.106 e. The van der Waals surface area contributed by atoms with E-state index in [1.807, 2.05) is 45.9 Å². The number of hydrogen-bond acceptors (Lipinski definition) is 3. The van der Waals surface area contributed by atoms with Gasteiger partial charge in [0.05, 0.1) is 28.1 Å². The Bertz CT molecular complexity index is 440. The van der Waals surface area contributed by atoms with Gasteiger partial charge in [-0.05, 0) is 55.8 Å². The Morgan fingerprint density at radius 1 is 1.47 bits per heavy atom. The van der Waals surface area contributed by atoms with Gasteiger partial charge in [0.1, 0.15) is 4.60 Å². The average Bonchev–Trinajstić information content (AvgIpc) is 2.24. The highest BCUT2D eigenvalue weighted by molar-refractivity contribution is 9.10. The van der Waals surface area contributed by atoms with Crippen LogP contribution in [0.4, 0.5) is 0 Å². The quantitative estimate of drug-likeness (QED) is 0.486. The largest absolute Gasteiger partial charge is 0.274 e. The van der Waals surface area contributed by atoms with Crippen molar-refractivity contribution in [2.45, 2.75) is 38.5 Å². The van der Waals surface area contributed by atoms with Gasteiger partial charge in [-0.15, -0.1) is 0 Å². The third-order valence-corrected chi connectivity index (χ3v) is 4.11. The summed E-state index contributed by atoms with van der Waals surface area (Å²) in [5, 5.41) is 0. The highest BCUT2D eigenvalue weighted by Crippen LogP contribution is 2.17. The van der Waals surface area contributed by atoms with Crippen LogP contribution in [-0.4, -0.2) is 19.5 Å². The zero-order valence-corrected chi connectivity index (χ0v) is 12.9. The summed E-state index contributed by atoms with van der Waals surface area (Å²) in [5.41, 5.74) is 2.38. The van der Waals surface area contributed by atoms with E-state index in [0.717, 1.165) is 10.3 Å². The predicted octanol–water partition coefficient (Wildman–Crippen LogP) is 3.48. The molecule has 0 saturated carbocycles. The fraction of sp³-hybridized carbons (Fsp3) is 0.500. The van der Waals surface area contributed by atoms with Crippen molar-refractivity contribution in [2.75, 3.05) is 0 Å². The molecule has 1 aromatic rings. The molecule has 0 saturated heterocycles. The van der Waals surface area contributed by atoms with Gasteiger partial charge in [0.2, 0.25) is 0 Å². The van der Waals surface area contributed by atoms with E-state index >= 15 is 0 Å². The van der Waals surface area contributed by atoms with Gasteiger partial charge in [-0.3, -0.25) is 9.20 Å². The van der Waals surface area contributed by atoms with Crippen LogP contribution >= 0.6 is 15.9 Å². The third kappa shape index (κ3) is 4.68. The van der Waals surface area contributed by atoms with Gasteiger partial charge in [-0.2, -0.15) is 0 Å². The summed E-state index contributed by atoms with van der Waals surface area (Å²) in [7, 11) is -1.07. The Morgan fingerprint density at radius 2 is 2.12 bits per heavy atom. The fourth-order valence-corrected chi connectivity index (χ4v) is 2.00. The van der Waals surface area contributed by atoms with Crippen LogP contribution in [0, 0.1) is 0 Å². The van der Waals surface area contributed by atoms with Crippen LogP contribution in [-0.2, 0) is 10.8 Å². The van der Waals surface area contributed by atoms with E-state index in [1.54, 1.807) is 0 Å². The molecule has 0 aromatic carbocycles. The standard InChI is InChI=1S/C12H17BrN2OS/c1-9(10-6-5-7-11(13)15-10)14-8-17(16)12(2,3)4/h5-9H,1-4H3/t9-,17?/m0/s1. The molecule has 1 unspecified atom stereocenters. The average molecular weight is 317 g/mol. The molecule has 1 aromatic heterocycles.